The second-order valence-electron chi connectivity index (χ2n) is 7.75. The van der Waals surface area contributed by atoms with Gasteiger partial charge in [-0.25, -0.2) is 18.4 Å². The van der Waals surface area contributed by atoms with E-state index < -0.39 is 9.84 Å². The van der Waals surface area contributed by atoms with Crippen LogP contribution in [-0.2, 0) is 9.84 Å². The van der Waals surface area contributed by atoms with Crippen LogP contribution in [0, 0.1) is 6.92 Å². The van der Waals surface area contributed by atoms with Crippen molar-refractivity contribution in [1.82, 2.24) is 14.6 Å². The number of methoxy groups -OCH3 is 1. The first-order chi connectivity index (χ1) is 16.4. The van der Waals surface area contributed by atoms with Crippen molar-refractivity contribution in [2.45, 2.75) is 16.7 Å². The van der Waals surface area contributed by atoms with Crippen molar-refractivity contribution in [3.8, 4) is 5.75 Å². The van der Waals surface area contributed by atoms with Crippen molar-refractivity contribution in [2.75, 3.05) is 12.8 Å². The molecule has 34 heavy (non-hydrogen) atoms. The number of benzene rings is 3. The second-order valence-corrected chi connectivity index (χ2v) is 9.63. The highest BCUT2D eigenvalue weighted by Gasteiger charge is 2.30. The summed E-state index contributed by atoms with van der Waals surface area (Å²) in [4.78, 5) is 9.19. The maximum atomic E-state index is 13.7. The Bertz CT molecular complexity index is 1670. The number of fused-ring (bicyclic) bond motifs is 2. The molecule has 0 aliphatic rings. The number of nitrogen functional groups attached to an aromatic ring is 1. The number of ether oxygens (including phenoxy) is 1. The van der Waals surface area contributed by atoms with Crippen LogP contribution < -0.4 is 10.5 Å². The van der Waals surface area contributed by atoms with E-state index in [0.717, 1.165) is 11.1 Å². The van der Waals surface area contributed by atoms with Crippen LogP contribution in [0.2, 0.25) is 0 Å². The molecule has 9 heteroatoms. The molecule has 0 aliphatic heterocycles. The van der Waals surface area contributed by atoms with Gasteiger partial charge in [-0.2, -0.15) is 9.78 Å². The summed E-state index contributed by atoms with van der Waals surface area (Å²) in [6, 6.07) is 21.1. The lowest BCUT2D eigenvalue weighted by atomic mass is 10.2. The normalized spacial score (nSPS) is 12.1. The molecule has 0 amide bonds. The van der Waals surface area contributed by atoms with Gasteiger partial charge in [0.25, 0.3) is 0 Å². The van der Waals surface area contributed by atoms with Crippen LogP contribution in [0.25, 0.3) is 22.2 Å². The molecule has 0 spiro atoms. The first kappa shape index (κ1) is 21.6. The van der Waals surface area contributed by atoms with Gasteiger partial charge in [0.05, 0.1) is 29.3 Å². The van der Waals surface area contributed by atoms with Crippen LogP contribution in [0.3, 0.4) is 0 Å². The topological polar surface area (TPSA) is 112 Å². The number of rotatable bonds is 5. The van der Waals surface area contributed by atoms with E-state index in [1.54, 1.807) is 30.5 Å². The highest BCUT2D eigenvalue weighted by Crippen LogP contribution is 2.35. The van der Waals surface area contributed by atoms with E-state index in [1.165, 1.54) is 23.9 Å². The lowest BCUT2D eigenvalue weighted by Gasteiger charge is -2.06. The molecule has 0 aliphatic carbocycles. The van der Waals surface area contributed by atoms with Crippen molar-refractivity contribution in [1.29, 1.82) is 0 Å². The van der Waals surface area contributed by atoms with Crippen LogP contribution in [0.1, 0.15) is 11.1 Å². The smallest absolute Gasteiger partial charge is 0.212 e. The second kappa shape index (κ2) is 8.27. The molecule has 5 aromatic rings. The Labute approximate surface area is 196 Å². The van der Waals surface area contributed by atoms with E-state index in [0.29, 0.717) is 16.8 Å². The maximum absolute atomic E-state index is 13.7. The minimum Gasteiger partial charge on any atom is -0.497 e. The summed E-state index contributed by atoms with van der Waals surface area (Å²) in [6.07, 6.45) is 1.61. The van der Waals surface area contributed by atoms with Gasteiger partial charge in [0, 0.05) is 0 Å². The molecule has 8 nitrogen and oxygen atoms in total. The number of hydrogen-bond acceptors (Lipinski definition) is 7. The third kappa shape index (κ3) is 3.65. The van der Waals surface area contributed by atoms with Gasteiger partial charge in [-0.1, -0.05) is 42.0 Å². The first-order valence-electron chi connectivity index (χ1n) is 10.5. The lowest BCUT2D eigenvalue weighted by Crippen LogP contribution is -2.06. The Balaban J connectivity index is 1.77. The molecule has 0 saturated carbocycles. The number of nitrogens with zero attached hydrogens (tertiary/aromatic N) is 4. The molecule has 2 aromatic heterocycles. The molecule has 0 bridgehead atoms. The number of aromatic nitrogens is 3. The summed E-state index contributed by atoms with van der Waals surface area (Å²) in [5.41, 5.74) is 9.91. The number of anilines is 1. The molecular weight excluding hydrogens is 450 g/mol. The van der Waals surface area contributed by atoms with Gasteiger partial charge in [0.2, 0.25) is 9.84 Å². The SMILES string of the molecule is COc1ccc(S(=O)(=O)c2c(N)n(/N=C/c3cccc(C)c3)c3nc4ccccc4nc23)cc1. The van der Waals surface area contributed by atoms with Crippen LogP contribution in [0.15, 0.2) is 87.7 Å². The van der Waals surface area contributed by atoms with Gasteiger partial charge in [-0.05, 0) is 48.9 Å². The van der Waals surface area contributed by atoms with Gasteiger partial charge in [-0.3, -0.25) is 0 Å². The predicted octanol–water partition coefficient (Wildman–Crippen LogP) is 4.20. The highest BCUT2D eigenvalue weighted by molar-refractivity contribution is 7.92. The number of aryl methyl sites for hydroxylation is 1. The molecule has 5 rings (SSSR count). The summed E-state index contributed by atoms with van der Waals surface area (Å²) < 4.78 is 33.8. The van der Waals surface area contributed by atoms with Crippen molar-refractivity contribution >= 4 is 44.1 Å². The minimum atomic E-state index is -4.04. The number of hydrogen-bond donors (Lipinski definition) is 1. The third-order valence-electron chi connectivity index (χ3n) is 5.43. The zero-order chi connectivity index (χ0) is 23.9. The fraction of sp³-hybridized carbons (Fsp3) is 0.0800. The quantitative estimate of drug-likeness (QED) is 0.385. The number of para-hydroxylation sites is 2. The lowest BCUT2D eigenvalue weighted by molar-refractivity contribution is 0.414. The molecule has 0 unspecified atom stereocenters. The molecule has 3 aromatic carbocycles. The Morgan fingerprint density at radius 1 is 0.971 bits per heavy atom. The van der Waals surface area contributed by atoms with Crippen LogP contribution in [0.4, 0.5) is 5.82 Å². The maximum Gasteiger partial charge on any atom is 0.212 e. The summed E-state index contributed by atoms with van der Waals surface area (Å²) >= 11 is 0. The van der Waals surface area contributed by atoms with Crippen LogP contribution in [0.5, 0.6) is 5.75 Å². The average molecular weight is 472 g/mol. The van der Waals surface area contributed by atoms with Crippen LogP contribution >= 0.6 is 0 Å². The van der Waals surface area contributed by atoms with Gasteiger partial charge in [0.1, 0.15) is 22.0 Å². The molecule has 0 atom stereocenters. The van der Waals surface area contributed by atoms with Crippen molar-refractivity contribution in [2.24, 2.45) is 5.10 Å². The fourth-order valence-electron chi connectivity index (χ4n) is 3.75. The molecule has 2 heterocycles. The van der Waals surface area contributed by atoms with E-state index >= 15 is 0 Å². The van der Waals surface area contributed by atoms with Gasteiger partial charge in [-0.15, -0.1) is 0 Å². The summed E-state index contributed by atoms with van der Waals surface area (Å²) in [5, 5.41) is 4.49. The summed E-state index contributed by atoms with van der Waals surface area (Å²) in [7, 11) is -2.52. The predicted molar refractivity (Wildman–Crippen MR) is 132 cm³/mol. The largest absolute Gasteiger partial charge is 0.497 e. The Kier molecular flexibility index (Phi) is 5.25. The molecule has 170 valence electrons. The highest BCUT2D eigenvalue weighted by atomic mass is 32.2. The zero-order valence-corrected chi connectivity index (χ0v) is 19.3. The standard InChI is InChI=1S/C25H21N5O3S/c1-16-6-5-7-17(14-16)15-27-30-24(26)23(34(31,32)19-12-10-18(33-2)11-13-19)22-25(30)29-21-9-4-3-8-20(21)28-22/h3-15H,26H2,1-2H3/b27-15+. The van der Waals surface area contributed by atoms with Crippen molar-refractivity contribution in [3.05, 3.63) is 83.9 Å². The number of sulfone groups is 1. The summed E-state index contributed by atoms with van der Waals surface area (Å²) in [6.45, 7) is 1.98. The molecule has 0 fully saturated rings. The van der Waals surface area contributed by atoms with Gasteiger partial charge in [0.15, 0.2) is 5.65 Å². The molecular formula is C25H21N5O3S. The third-order valence-corrected chi connectivity index (χ3v) is 7.26. The first-order valence-corrected chi connectivity index (χ1v) is 11.9. The van der Waals surface area contributed by atoms with E-state index in [9.17, 15) is 8.42 Å². The average Bonchev–Trinajstić information content (AvgIpc) is 3.12. The molecule has 2 N–H and O–H groups in total. The minimum absolute atomic E-state index is 0.0648. The van der Waals surface area contributed by atoms with Gasteiger partial charge >= 0.3 is 0 Å². The van der Waals surface area contributed by atoms with Crippen LogP contribution in [-0.4, -0.2) is 36.4 Å². The van der Waals surface area contributed by atoms with E-state index in [4.69, 9.17) is 10.5 Å². The molecule has 0 saturated heterocycles. The summed E-state index contributed by atoms with van der Waals surface area (Å²) in [5.74, 6) is 0.480. The zero-order valence-electron chi connectivity index (χ0n) is 18.5. The van der Waals surface area contributed by atoms with E-state index in [2.05, 4.69) is 15.1 Å². The van der Waals surface area contributed by atoms with Crippen molar-refractivity contribution in [3.63, 3.8) is 0 Å². The van der Waals surface area contributed by atoms with Gasteiger partial charge < -0.3 is 10.5 Å². The fourth-order valence-corrected chi connectivity index (χ4v) is 5.24. The Morgan fingerprint density at radius 2 is 1.68 bits per heavy atom. The van der Waals surface area contributed by atoms with E-state index in [-0.39, 0.29) is 26.8 Å². The number of nitrogens with two attached hydrogens (primary N) is 1. The van der Waals surface area contributed by atoms with E-state index in [1.807, 2.05) is 43.3 Å². The van der Waals surface area contributed by atoms with Crippen molar-refractivity contribution < 1.29 is 13.2 Å². The monoisotopic (exact) mass is 471 g/mol. The molecule has 0 radical (unpaired) electrons. The Hall–Kier alpha value is -4.24. The Morgan fingerprint density at radius 3 is 2.35 bits per heavy atom.